The first kappa shape index (κ1) is 19.9. The summed E-state index contributed by atoms with van der Waals surface area (Å²) in [4.78, 5) is 8.34. The van der Waals surface area contributed by atoms with Crippen LogP contribution in [-0.2, 0) is 6.54 Å². The first-order chi connectivity index (χ1) is 14.5. The van der Waals surface area contributed by atoms with Gasteiger partial charge in [0.05, 0.1) is 26.8 Å². The summed E-state index contributed by atoms with van der Waals surface area (Å²) in [5.74, 6) is -0.520. The number of hydrogen-bond acceptors (Lipinski definition) is 5. The van der Waals surface area contributed by atoms with Gasteiger partial charge >= 0.3 is 0 Å². The minimum atomic E-state index is -0.520. The first-order valence-electron chi connectivity index (χ1n) is 8.92. The van der Waals surface area contributed by atoms with Gasteiger partial charge in [-0.15, -0.1) is 0 Å². The average Bonchev–Trinajstić information content (AvgIpc) is 2.76. The molecule has 0 saturated carbocycles. The molecule has 4 aromatic rings. The topological polar surface area (TPSA) is 73.6 Å². The van der Waals surface area contributed by atoms with Gasteiger partial charge in [-0.25, -0.2) is 4.39 Å². The molecule has 30 heavy (non-hydrogen) atoms. The number of nitrogens with one attached hydrogen (secondary N) is 2. The maximum atomic E-state index is 13.5. The second kappa shape index (κ2) is 8.54. The van der Waals surface area contributed by atoms with Gasteiger partial charge in [0, 0.05) is 41.9 Å². The molecular weight excluding hydrogens is 424 g/mol. The maximum Gasteiger partial charge on any atom is 0.141 e. The van der Waals surface area contributed by atoms with Crippen molar-refractivity contribution in [2.45, 2.75) is 6.54 Å². The Hall–Kier alpha value is -3.40. The fraction of sp³-hybridized carbons (Fsp3) is 0.0455. The Morgan fingerprint density at radius 1 is 1.00 bits per heavy atom. The van der Waals surface area contributed by atoms with E-state index in [0.717, 1.165) is 11.3 Å². The van der Waals surface area contributed by atoms with Crippen molar-refractivity contribution >= 4 is 51.2 Å². The molecule has 2 N–H and O–H groups in total. The van der Waals surface area contributed by atoms with Gasteiger partial charge in [-0.3, -0.25) is 9.97 Å². The van der Waals surface area contributed by atoms with E-state index in [9.17, 15) is 9.65 Å². The van der Waals surface area contributed by atoms with Crippen molar-refractivity contribution in [1.82, 2.24) is 9.97 Å². The molecule has 2 aromatic heterocycles. The van der Waals surface area contributed by atoms with Crippen LogP contribution in [0.2, 0.25) is 10.0 Å². The third-order valence-corrected chi connectivity index (χ3v) is 5.06. The standard InChI is InChI=1S/C22H14Cl2FN5/c23-18-8-15(1-2-20(18)25)30-21-14(10-26)12-29-22-17(21)7-16(9-19(22)24)28-11-13-3-5-27-6-4-13/h1-9,12,28H,11H2,(H,29,30). The highest BCUT2D eigenvalue weighted by atomic mass is 35.5. The predicted molar refractivity (Wildman–Crippen MR) is 118 cm³/mol. The quantitative estimate of drug-likeness (QED) is 0.382. The van der Waals surface area contributed by atoms with Crippen molar-refractivity contribution in [3.05, 3.63) is 88.0 Å². The zero-order chi connectivity index (χ0) is 21.1. The Balaban J connectivity index is 1.76. The smallest absolute Gasteiger partial charge is 0.141 e. The molecule has 5 nitrogen and oxygen atoms in total. The molecule has 0 unspecified atom stereocenters. The second-order valence-corrected chi connectivity index (χ2v) is 7.29. The van der Waals surface area contributed by atoms with Crippen LogP contribution in [0.15, 0.2) is 61.1 Å². The van der Waals surface area contributed by atoms with E-state index in [1.807, 2.05) is 18.2 Å². The molecule has 0 radical (unpaired) electrons. The van der Waals surface area contributed by atoms with E-state index < -0.39 is 5.82 Å². The predicted octanol–water partition coefficient (Wildman–Crippen LogP) is 6.30. The SMILES string of the molecule is N#Cc1cnc2c(Cl)cc(NCc3ccncc3)cc2c1Nc1ccc(F)c(Cl)c1. The number of benzene rings is 2. The van der Waals surface area contributed by atoms with Crippen molar-refractivity contribution < 1.29 is 4.39 Å². The van der Waals surface area contributed by atoms with Crippen molar-refractivity contribution in [3.63, 3.8) is 0 Å². The van der Waals surface area contributed by atoms with Gasteiger partial charge in [0.2, 0.25) is 0 Å². The van der Waals surface area contributed by atoms with Crippen LogP contribution < -0.4 is 10.6 Å². The average molecular weight is 438 g/mol. The van der Waals surface area contributed by atoms with E-state index in [4.69, 9.17) is 23.2 Å². The lowest BCUT2D eigenvalue weighted by Crippen LogP contribution is -2.01. The molecule has 148 valence electrons. The Morgan fingerprint density at radius 2 is 1.77 bits per heavy atom. The van der Waals surface area contributed by atoms with E-state index in [0.29, 0.717) is 39.4 Å². The molecule has 0 spiro atoms. The summed E-state index contributed by atoms with van der Waals surface area (Å²) >= 11 is 12.4. The summed E-state index contributed by atoms with van der Waals surface area (Å²) in [6, 6.07) is 13.9. The zero-order valence-electron chi connectivity index (χ0n) is 15.5. The minimum absolute atomic E-state index is 0.0189. The highest BCUT2D eigenvalue weighted by Gasteiger charge is 2.14. The van der Waals surface area contributed by atoms with E-state index in [1.54, 1.807) is 24.5 Å². The first-order valence-corrected chi connectivity index (χ1v) is 9.68. The third kappa shape index (κ3) is 4.13. The number of anilines is 3. The molecule has 0 saturated heterocycles. The summed E-state index contributed by atoms with van der Waals surface area (Å²) in [5, 5.41) is 17.1. The molecule has 0 atom stereocenters. The van der Waals surface area contributed by atoms with Crippen LogP contribution in [0.5, 0.6) is 0 Å². The molecular formula is C22H14Cl2FN5. The normalized spacial score (nSPS) is 10.6. The molecule has 2 heterocycles. The van der Waals surface area contributed by atoms with Gasteiger partial charge in [-0.1, -0.05) is 23.2 Å². The molecule has 0 aliphatic heterocycles. The lowest BCUT2D eigenvalue weighted by atomic mass is 10.1. The summed E-state index contributed by atoms with van der Waals surface area (Å²) in [5.41, 5.74) is 3.74. The highest BCUT2D eigenvalue weighted by Crippen LogP contribution is 2.35. The number of aromatic nitrogens is 2. The summed E-state index contributed by atoms with van der Waals surface area (Å²) in [6.45, 7) is 0.575. The summed E-state index contributed by atoms with van der Waals surface area (Å²) in [7, 11) is 0. The van der Waals surface area contributed by atoms with Crippen molar-refractivity contribution in [3.8, 4) is 6.07 Å². The summed E-state index contributed by atoms with van der Waals surface area (Å²) in [6.07, 6.45) is 4.90. The van der Waals surface area contributed by atoms with Crippen LogP contribution in [0.4, 0.5) is 21.5 Å². The van der Waals surface area contributed by atoms with Crippen LogP contribution in [0.25, 0.3) is 10.9 Å². The molecule has 0 amide bonds. The largest absolute Gasteiger partial charge is 0.381 e. The van der Waals surface area contributed by atoms with Crippen molar-refractivity contribution in [1.29, 1.82) is 5.26 Å². The van der Waals surface area contributed by atoms with Crippen LogP contribution in [0.3, 0.4) is 0 Å². The molecule has 2 aromatic carbocycles. The van der Waals surface area contributed by atoms with Crippen LogP contribution in [-0.4, -0.2) is 9.97 Å². The third-order valence-electron chi connectivity index (χ3n) is 4.48. The monoisotopic (exact) mass is 437 g/mol. The lowest BCUT2D eigenvalue weighted by Gasteiger charge is -2.15. The Morgan fingerprint density at radius 3 is 2.50 bits per heavy atom. The van der Waals surface area contributed by atoms with E-state index >= 15 is 0 Å². The van der Waals surface area contributed by atoms with Crippen LogP contribution >= 0.6 is 23.2 Å². The number of hydrogen-bond donors (Lipinski definition) is 2. The maximum absolute atomic E-state index is 13.5. The van der Waals surface area contributed by atoms with Crippen molar-refractivity contribution in [2.75, 3.05) is 10.6 Å². The van der Waals surface area contributed by atoms with E-state index in [2.05, 4.69) is 26.7 Å². The van der Waals surface area contributed by atoms with Gasteiger partial charge in [-0.05, 0) is 48.0 Å². The number of halogens is 3. The van der Waals surface area contributed by atoms with Gasteiger partial charge < -0.3 is 10.6 Å². The number of pyridine rings is 2. The number of fused-ring (bicyclic) bond motifs is 1. The summed E-state index contributed by atoms with van der Waals surface area (Å²) < 4.78 is 13.5. The molecule has 0 fully saturated rings. The van der Waals surface area contributed by atoms with E-state index in [1.165, 1.54) is 18.3 Å². The van der Waals surface area contributed by atoms with Gasteiger partial charge in [0.1, 0.15) is 11.9 Å². The van der Waals surface area contributed by atoms with Crippen LogP contribution in [0, 0.1) is 17.1 Å². The zero-order valence-corrected chi connectivity index (χ0v) is 17.0. The minimum Gasteiger partial charge on any atom is -0.381 e. The highest BCUT2D eigenvalue weighted by molar-refractivity contribution is 6.36. The molecule has 0 aliphatic carbocycles. The van der Waals surface area contributed by atoms with Crippen LogP contribution in [0.1, 0.15) is 11.1 Å². The molecule has 8 heteroatoms. The second-order valence-electron chi connectivity index (χ2n) is 6.48. The Kier molecular flexibility index (Phi) is 5.66. The Bertz CT molecular complexity index is 1270. The molecule has 4 rings (SSSR count). The fourth-order valence-corrected chi connectivity index (χ4v) is 3.45. The number of nitriles is 1. The van der Waals surface area contributed by atoms with E-state index in [-0.39, 0.29) is 5.02 Å². The number of nitrogens with zero attached hydrogens (tertiary/aromatic N) is 3. The Labute approximate surface area is 182 Å². The van der Waals surface area contributed by atoms with Gasteiger partial charge in [-0.2, -0.15) is 5.26 Å². The molecule has 0 bridgehead atoms. The lowest BCUT2D eigenvalue weighted by molar-refractivity contribution is 0.628. The van der Waals surface area contributed by atoms with Gasteiger partial charge in [0.15, 0.2) is 0 Å². The number of rotatable bonds is 5. The van der Waals surface area contributed by atoms with Gasteiger partial charge in [0.25, 0.3) is 0 Å². The molecule has 0 aliphatic rings. The fourth-order valence-electron chi connectivity index (χ4n) is 3.00. The van der Waals surface area contributed by atoms with Crippen molar-refractivity contribution in [2.24, 2.45) is 0 Å².